The monoisotopic (exact) mass is 302 g/mol. The van der Waals surface area contributed by atoms with Crippen molar-refractivity contribution in [1.82, 2.24) is 15.9 Å². The van der Waals surface area contributed by atoms with Gasteiger partial charge < -0.3 is 0 Å². The molecule has 8 nitrogen and oxygen atoms in total. The normalized spacial score (nSPS) is 9.32. The van der Waals surface area contributed by atoms with Crippen LogP contribution in [0.5, 0.6) is 0 Å². The summed E-state index contributed by atoms with van der Waals surface area (Å²) in [6.45, 7) is 6.48. The zero-order chi connectivity index (χ0) is 16.7. The molecule has 0 saturated carbocycles. The van der Waals surface area contributed by atoms with Gasteiger partial charge in [-0.2, -0.15) is 5.01 Å². The minimum absolute atomic E-state index is 0.0770. The molecule has 0 bridgehead atoms. The molecule has 22 heavy (non-hydrogen) atoms. The van der Waals surface area contributed by atoms with E-state index in [4.69, 9.17) is 5.84 Å². The first-order valence-corrected chi connectivity index (χ1v) is 5.99. The van der Waals surface area contributed by atoms with E-state index in [9.17, 15) is 19.2 Å². The third-order valence-electron chi connectivity index (χ3n) is 2.53. The van der Waals surface area contributed by atoms with Crippen LogP contribution in [0.4, 0.5) is 0 Å². The van der Waals surface area contributed by atoms with Crippen LogP contribution in [-0.4, -0.2) is 28.6 Å². The Morgan fingerprint density at radius 3 is 2.00 bits per heavy atom. The van der Waals surface area contributed by atoms with Crippen LogP contribution in [0.3, 0.4) is 0 Å². The second kappa shape index (κ2) is 7.50. The van der Waals surface area contributed by atoms with Gasteiger partial charge in [0.05, 0.1) is 0 Å². The van der Waals surface area contributed by atoms with Gasteiger partial charge in [0.15, 0.2) is 0 Å². The smallest absolute Gasteiger partial charge is 0.279 e. The number of nitrogens with zero attached hydrogens (tertiary/aromatic N) is 1. The lowest BCUT2D eigenvalue weighted by Crippen LogP contribution is -2.48. The van der Waals surface area contributed by atoms with Crippen molar-refractivity contribution in [3.05, 3.63) is 60.7 Å². The van der Waals surface area contributed by atoms with Crippen LogP contribution < -0.4 is 16.7 Å². The number of nitrogens with two attached hydrogens (primary N) is 1. The minimum atomic E-state index is -0.816. The highest BCUT2D eigenvalue weighted by molar-refractivity contribution is 6.09. The van der Waals surface area contributed by atoms with Gasteiger partial charge in [0.1, 0.15) is 0 Å². The van der Waals surface area contributed by atoms with Gasteiger partial charge in [-0.3, -0.25) is 30.0 Å². The predicted octanol–water partition coefficient (Wildman–Crippen LogP) is -0.338. The Labute approximate surface area is 126 Å². The van der Waals surface area contributed by atoms with Gasteiger partial charge in [-0.25, -0.2) is 5.84 Å². The number of hydrogen-bond acceptors (Lipinski definition) is 5. The van der Waals surface area contributed by atoms with E-state index < -0.39 is 23.6 Å². The van der Waals surface area contributed by atoms with Gasteiger partial charge in [0.25, 0.3) is 23.6 Å². The Morgan fingerprint density at radius 2 is 1.55 bits per heavy atom. The molecule has 1 aromatic carbocycles. The average molecular weight is 302 g/mol. The number of carbonyl (C=O) groups excluding carboxylic acids is 4. The SMILES string of the molecule is C=CC(=O)NN(C(=O)C=C)C(=O)c1ccc(C(=O)NN)cc1. The summed E-state index contributed by atoms with van der Waals surface area (Å²) in [5.41, 5.74) is 4.32. The van der Waals surface area contributed by atoms with Crippen LogP contribution in [0.25, 0.3) is 0 Å². The molecule has 0 saturated heterocycles. The predicted molar refractivity (Wildman–Crippen MR) is 77.8 cm³/mol. The van der Waals surface area contributed by atoms with E-state index in [0.29, 0.717) is 5.01 Å². The van der Waals surface area contributed by atoms with E-state index in [2.05, 4.69) is 18.6 Å². The Hall–Kier alpha value is -3.26. The second-order valence-electron chi connectivity index (χ2n) is 3.91. The van der Waals surface area contributed by atoms with Crippen LogP contribution in [0, 0.1) is 0 Å². The van der Waals surface area contributed by atoms with Crippen molar-refractivity contribution in [3.63, 3.8) is 0 Å². The van der Waals surface area contributed by atoms with Gasteiger partial charge >= 0.3 is 0 Å². The number of amides is 4. The maximum Gasteiger partial charge on any atom is 0.279 e. The summed E-state index contributed by atoms with van der Waals surface area (Å²) in [7, 11) is 0. The molecule has 0 aromatic heterocycles. The Bertz CT molecular complexity index is 637. The Morgan fingerprint density at radius 1 is 1.00 bits per heavy atom. The summed E-state index contributed by atoms with van der Waals surface area (Å²) >= 11 is 0. The molecule has 0 heterocycles. The van der Waals surface area contributed by atoms with Crippen molar-refractivity contribution in [2.75, 3.05) is 0 Å². The molecule has 1 rings (SSSR count). The van der Waals surface area contributed by atoms with E-state index in [1.807, 2.05) is 5.43 Å². The Kier molecular flexibility index (Phi) is 5.73. The summed E-state index contributed by atoms with van der Waals surface area (Å²) in [6, 6.07) is 5.33. The molecular weight excluding hydrogens is 288 g/mol. The third-order valence-corrected chi connectivity index (χ3v) is 2.53. The van der Waals surface area contributed by atoms with Crippen LogP contribution >= 0.6 is 0 Å². The van der Waals surface area contributed by atoms with Gasteiger partial charge in [0, 0.05) is 11.1 Å². The van der Waals surface area contributed by atoms with E-state index in [1.54, 1.807) is 0 Å². The number of nitrogen functional groups attached to an aromatic ring is 1. The average Bonchev–Trinajstić information content (AvgIpc) is 2.57. The van der Waals surface area contributed by atoms with E-state index in [1.165, 1.54) is 24.3 Å². The fourth-order valence-electron chi connectivity index (χ4n) is 1.43. The van der Waals surface area contributed by atoms with Gasteiger partial charge in [0.2, 0.25) is 0 Å². The fourth-order valence-corrected chi connectivity index (χ4v) is 1.43. The number of carbonyl (C=O) groups is 4. The molecule has 8 heteroatoms. The van der Waals surface area contributed by atoms with E-state index in [-0.39, 0.29) is 11.1 Å². The molecule has 4 N–H and O–H groups in total. The van der Waals surface area contributed by atoms with Crippen molar-refractivity contribution in [3.8, 4) is 0 Å². The fraction of sp³-hybridized carbons (Fsp3) is 0. The number of nitrogens with one attached hydrogen (secondary N) is 2. The van der Waals surface area contributed by atoms with Crippen LogP contribution in [0.2, 0.25) is 0 Å². The molecular formula is C14H14N4O4. The number of hydrogen-bond donors (Lipinski definition) is 3. The topological polar surface area (TPSA) is 122 Å². The lowest BCUT2D eigenvalue weighted by atomic mass is 10.1. The van der Waals surface area contributed by atoms with Crippen LogP contribution in [0.1, 0.15) is 20.7 Å². The highest BCUT2D eigenvalue weighted by Gasteiger charge is 2.22. The molecule has 0 fully saturated rings. The van der Waals surface area contributed by atoms with Gasteiger partial charge in [-0.1, -0.05) is 13.2 Å². The summed E-state index contributed by atoms with van der Waals surface area (Å²) in [4.78, 5) is 46.5. The first-order valence-electron chi connectivity index (χ1n) is 5.99. The summed E-state index contributed by atoms with van der Waals surface area (Å²) < 4.78 is 0. The molecule has 114 valence electrons. The zero-order valence-corrected chi connectivity index (χ0v) is 11.5. The molecule has 1 aromatic rings. The minimum Gasteiger partial charge on any atom is -0.290 e. The number of imide groups is 1. The van der Waals surface area contributed by atoms with Crippen molar-refractivity contribution < 1.29 is 19.2 Å². The molecule has 0 aliphatic rings. The molecule has 4 amide bonds. The summed E-state index contributed by atoms with van der Waals surface area (Å²) in [5, 5.41) is 0.495. The van der Waals surface area contributed by atoms with Gasteiger partial charge in [-0.05, 0) is 36.4 Å². The van der Waals surface area contributed by atoms with E-state index >= 15 is 0 Å². The molecule has 0 unspecified atom stereocenters. The molecule has 0 atom stereocenters. The van der Waals surface area contributed by atoms with Crippen molar-refractivity contribution in [1.29, 1.82) is 0 Å². The molecule has 0 aliphatic heterocycles. The van der Waals surface area contributed by atoms with Crippen molar-refractivity contribution in [2.24, 2.45) is 5.84 Å². The maximum atomic E-state index is 12.2. The zero-order valence-electron chi connectivity index (χ0n) is 11.5. The Balaban J connectivity index is 3.05. The third kappa shape index (κ3) is 3.87. The maximum absolute atomic E-state index is 12.2. The van der Waals surface area contributed by atoms with Crippen molar-refractivity contribution in [2.45, 2.75) is 0 Å². The van der Waals surface area contributed by atoms with Gasteiger partial charge in [-0.15, -0.1) is 0 Å². The van der Waals surface area contributed by atoms with E-state index in [0.717, 1.165) is 12.2 Å². The largest absolute Gasteiger partial charge is 0.290 e. The van der Waals surface area contributed by atoms with Crippen LogP contribution in [0.15, 0.2) is 49.6 Å². The second-order valence-corrected chi connectivity index (χ2v) is 3.91. The molecule has 0 radical (unpaired) electrons. The van der Waals surface area contributed by atoms with Crippen molar-refractivity contribution >= 4 is 23.6 Å². The molecule has 0 spiro atoms. The lowest BCUT2D eigenvalue weighted by molar-refractivity contribution is -0.132. The first kappa shape index (κ1) is 16.8. The molecule has 0 aliphatic carbocycles. The quantitative estimate of drug-likeness (QED) is 0.304. The highest BCUT2D eigenvalue weighted by atomic mass is 16.2. The summed E-state index contributed by atoms with van der Waals surface area (Å²) in [6.07, 6.45) is 1.78. The lowest BCUT2D eigenvalue weighted by Gasteiger charge is -2.19. The standard InChI is InChI=1S/C14H14N4O4/c1-3-11(19)17-18(12(20)4-2)14(22)10-7-5-9(6-8-10)13(21)16-15/h3-8H,1-2,15H2,(H,16,21)(H,17,19). The van der Waals surface area contributed by atoms with Crippen LogP contribution in [-0.2, 0) is 9.59 Å². The first-order chi connectivity index (χ1) is 10.4. The number of hydrazine groups is 2. The number of benzene rings is 1. The summed E-state index contributed by atoms with van der Waals surface area (Å²) in [5.74, 6) is 2.12. The highest BCUT2D eigenvalue weighted by Crippen LogP contribution is 2.07. The number of rotatable bonds is 4.